The molecule has 90 valence electrons. The van der Waals surface area contributed by atoms with Crippen LogP contribution in [0.25, 0.3) is 0 Å². The molecule has 1 atom stereocenters. The van der Waals surface area contributed by atoms with E-state index in [1.54, 1.807) is 0 Å². The molecule has 1 aliphatic heterocycles. The second-order valence-electron chi connectivity index (χ2n) is 4.45. The lowest BCUT2D eigenvalue weighted by Crippen LogP contribution is -2.34. The van der Waals surface area contributed by atoms with Crippen molar-refractivity contribution in [1.29, 1.82) is 0 Å². The lowest BCUT2D eigenvalue weighted by Gasteiger charge is -2.28. The topological polar surface area (TPSA) is 54.2 Å². The maximum absolute atomic E-state index is 5.61. The van der Waals surface area contributed by atoms with Crippen molar-refractivity contribution in [3.05, 3.63) is 5.89 Å². The van der Waals surface area contributed by atoms with E-state index in [9.17, 15) is 0 Å². The average Bonchev–Trinajstić information content (AvgIpc) is 2.75. The van der Waals surface area contributed by atoms with Gasteiger partial charge < -0.3 is 14.6 Å². The Labute approximate surface area is 96.2 Å². The number of nitrogens with one attached hydrogen (secondary N) is 1. The van der Waals surface area contributed by atoms with Crippen LogP contribution in [0.3, 0.4) is 0 Å². The molecule has 1 saturated heterocycles. The molecule has 1 fully saturated rings. The van der Waals surface area contributed by atoms with Crippen molar-refractivity contribution >= 4 is 6.01 Å². The fraction of sp³-hybridized carbons (Fsp3) is 0.818. The van der Waals surface area contributed by atoms with E-state index < -0.39 is 0 Å². The van der Waals surface area contributed by atoms with Crippen molar-refractivity contribution in [2.45, 2.75) is 33.2 Å². The molecular weight excluding hydrogens is 204 g/mol. The Morgan fingerprint density at radius 2 is 2.38 bits per heavy atom. The van der Waals surface area contributed by atoms with Crippen LogP contribution in [0, 0.1) is 5.92 Å². The second-order valence-corrected chi connectivity index (χ2v) is 4.45. The molecule has 1 aromatic rings. The van der Waals surface area contributed by atoms with Gasteiger partial charge in [-0.25, -0.2) is 0 Å². The van der Waals surface area contributed by atoms with Crippen LogP contribution in [0.4, 0.5) is 6.01 Å². The van der Waals surface area contributed by atoms with E-state index in [4.69, 9.17) is 4.42 Å². The van der Waals surface area contributed by atoms with Crippen LogP contribution < -0.4 is 10.2 Å². The predicted octanol–water partition coefficient (Wildman–Crippen LogP) is 1.42. The highest BCUT2D eigenvalue weighted by molar-refractivity contribution is 5.24. The van der Waals surface area contributed by atoms with E-state index in [0.29, 0.717) is 18.5 Å². The van der Waals surface area contributed by atoms with Crippen molar-refractivity contribution in [2.24, 2.45) is 5.92 Å². The van der Waals surface area contributed by atoms with Crippen LogP contribution in [0.5, 0.6) is 0 Å². The molecule has 1 aliphatic rings. The first-order valence-corrected chi connectivity index (χ1v) is 6.07. The molecule has 1 aromatic heterocycles. The van der Waals surface area contributed by atoms with Gasteiger partial charge in [-0.1, -0.05) is 18.9 Å². The van der Waals surface area contributed by atoms with Crippen LogP contribution >= 0.6 is 0 Å². The van der Waals surface area contributed by atoms with Crippen molar-refractivity contribution in [3.8, 4) is 0 Å². The monoisotopic (exact) mass is 224 g/mol. The van der Waals surface area contributed by atoms with E-state index >= 15 is 0 Å². The highest BCUT2D eigenvalue weighted by Gasteiger charge is 2.20. The molecule has 2 rings (SSSR count). The van der Waals surface area contributed by atoms with E-state index in [1.807, 2.05) is 0 Å². The van der Waals surface area contributed by atoms with E-state index in [1.165, 1.54) is 12.8 Å². The SMILES string of the molecule is CCNCc1nnc(N2CCCC(C)C2)o1. The van der Waals surface area contributed by atoms with Crippen LogP contribution in [0.1, 0.15) is 32.6 Å². The first-order valence-electron chi connectivity index (χ1n) is 6.07. The van der Waals surface area contributed by atoms with Gasteiger partial charge in [-0.3, -0.25) is 0 Å². The molecule has 0 radical (unpaired) electrons. The van der Waals surface area contributed by atoms with Gasteiger partial charge in [0.1, 0.15) is 0 Å². The second kappa shape index (κ2) is 5.30. The summed E-state index contributed by atoms with van der Waals surface area (Å²) in [4.78, 5) is 2.19. The van der Waals surface area contributed by atoms with Crippen LogP contribution in [-0.4, -0.2) is 29.8 Å². The maximum atomic E-state index is 5.61. The molecular formula is C11H20N4O. The van der Waals surface area contributed by atoms with Crippen molar-refractivity contribution in [2.75, 3.05) is 24.5 Å². The summed E-state index contributed by atoms with van der Waals surface area (Å²) < 4.78 is 5.61. The third-order valence-corrected chi connectivity index (χ3v) is 2.91. The minimum Gasteiger partial charge on any atom is -0.407 e. The number of hydrogen-bond acceptors (Lipinski definition) is 5. The summed E-state index contributed by atoms with van der Waals surface area (Å²) in [5, 5.41) is 11.3. The molecule has 1 unspecified atom stereocenters. The molecule has 0 aromatic carbocycles. The summed E-state index contributed by atoms with van der Waals surface area (Å²) >= 11 is 0. The van der Waals surface area contributed by atoms with Crippen molar-refractivity contribution < 1.29 is 4.42 Å². The maximum Gasteiger partial charge on any atom is 0.318 e. The number of nitrogens with zero attached hydrogens (tertiary/aromatic N) is 3. The quantitative estimate of drug-likeness (QED) is 0.838. The molecule has 0 spiro atoms. The number of piperidine rings is 1. The van der Waals surface area contributed by atoms with Crippen molar-refractivity contribution in [1.82, 2.24) is 15.5 Å². The highest BCUT2D eigenvalue weighted by atomic mass is 16.4. The third-order valence-electron chi connectivity index (χ3n) is 2.91. The Kier molecular flexibility index (Phi) is 3.77. The van der Waals surface area contributed by atoms with E-state index in [2.05, 4.69) is 34.3 Å². The smallest absolute Gasteiger partial charge is 0.318 e. The summed E-state index contributed by atoms with van der Waals surface area (Å²) in [5.74, 6) is 1.40. The normalized spacial score (nSPS) is 21.4. The molecule has 5 nitrogen and oxygen atoms in total. The Balaban J connectivity index is 1.95. The van der Waals surface area contributed by atoms with Gasteiger partial charge >= 0.3 is 6.01 Å². The minimum absolute atomic E-state index is 0.660. The van der Waals surface area contributed by atoms with Crippen molar-refractivity contribution in [3.63, 3.8) is 0 Å². The van der Waals surface area contributed by atoms with Crippen LogP contribution in [0.2, 0.25) is 0 Å². The highest BCUT2D eigenvalue weighted by Crippen LogP contribution is 2.21. The standard InChI is InChI=1S/C11H20N4O/c1-3-12-7-10-13-14-11(16-10)15-6-4-5-9(2)8-15/h9,12H,3-8H2,1-2H3. The number of aromatic nitrogens is 2. The fourth-order valence-electron chi connectivity index (χ4n) is 2.04. The van der Waals surface area contributed by atoms with Gasteiger partial charge in [-0.15, -0.1) is 5.10 Å². The third kappa shape index (κ3) is 2.72. The summed E-state index contributed by atoms with van der Waals surface area (Å²) in [6, 6.07) is 0.680. The number of hydrogen-bond donors (Lipinski definition) is 1. The Hall–Kier alpha value is -1.10. The minimum atomic E-state index is 0.660. The summed E-state index contributed by atoms with van der Waals surface area (Å²) in [6.07, 6.45) is 2.51. The zero-order valence-electron chi connectivity index (χ0n) is 10.1. The van der Waals surface area contributed by atoms with E-state index in [0.717, 1.165) is 25.6 Å². The molecule has 1 N–H and O–H groups in total. The van der Waals surface area contributed by atoms with Gasteiger partial charge in [0.05, 0.1) is 6.54 Å². The average molecular weight is 224 g/mol. The Morgan fingerprint density at radius 1 is 1.50 bits per heavy atom. The van der Waals surface area contributed by atoms with Gasteiger partial charge in [0.2, 0.25) is 5.89 Å². The molecule has 0 saturated carbocycles. The number of anilines is 1. The van der Waals surface area contributed by atoms with Gasteiger partial charge in [0, 0.05) is 13.1 Å². The zero-order valence-corrected chi connectivity index (χ0v) is 10.1. The summed E-state index contributed by atoms with van der Waals surface area (Å²) in [7, 11) is 0. The Bertz CT molecular complexity index is 326. The van der Waals surface area contributed by atoms with Gasteiger partial charge in [-0.05, 0) is 25.3 Å². The van der Waals surface area contributed by atoms with Crippen LogP contribution in [-0.2, 0) is 6.54 Å². The zero-order chi connectivity index (χ0) is 11.4. The summed E-state index contributed by atoms with van der Waals surface area (Å²) in [6.45, 7) is 7.97. The van der Waals surface area contributed by atoms with Gasteiger partial charge in [0.15, 0.2) is 0 Å². The number of rotatable bonds is 4. The molecule has 0 amide bonds. The summed E-state index contributed by atoms with van der Waals surface area (Å²) in [5.41, 5.74) is 0. The molecule has 0 aliphatic carbocycles. The largest absolute Gasteiger partial charge is 0.407 e. The predicted molar refractivity (Wildman–Crippen MR) is 62.3 cm³/mol. The van der Waals surface area contributed by atoms with Gasteiger partial charge in [-0.2, -0.15) is 0 Å². The molecule has 2 heterocycles. The molecule has 0 bridgehead atoms. The van der Waals surface area contributed by atoms with Crippen LogP contribution in [0.15, 0.2) is 4.42 Å². The molecule has 16 heavy (non-hydrogen) atoms. The Morgan fingerprint density at radius 3 is 3.12 bits per heavy atom. The van der Waals surface area contributed by atoms with E-state index in [-0.39, 0.29) is 0 Å². The first-order chi connectivity index (χ1) is 7.79. The van der Waals surface area contributed by atoms with Gasteiger partial charge in [0.25, 0.3) is 0 Å². The fourth-order valence-corrected chi connectivity index (χ4v) is 2.04. The lowest BCUT2D eigenvalue weighted by molar-refractivity contribution is 0.404. The lowest BCUT2D eigenvalue weighted by atomic mass is 10.0. The first kappa shape index (κ1) is 11.4. The molecule has 5 heteroatoms.